The minimum atomic E-state index is 0.466. The largest absolute Gasteiger partial charge is 0.410 e. The second kappa shape index (κ2) is 6.01. The molecule has 102 valence electrons. The van der Waals surface area contributed by atoms with Crippen LogP contribution in [0.1, 0.15) is 11.3 Å². The fourth-order valence-corrected chi connectivity index (χ4v) is 2.22. The number of benzene rings is 2. The summed E-state index contributed by atoms with van der Waals surface area (Å²) in [7, 11) is 0. The first-order valence-corrected chi connectivity index (χ1v) is 6.68. The third-order valence-electron chi connectivity index (χ3n) is 3.26. The van der Waals surface area contributed by atoms with Gasteiger partial charge in [-0.1, -0.05) is 65.8 Å². The van der Waals surface area contributed by atoms with Crippen molar-refractivity contribution in [3.8, 4) is 11.1 Å². The Morgan fingerprint density at radius 1 is 0.810 bits per heavy atom. The van der Waals surface area contributed by atoms with E-state index in [1.165, 1.54) is 0 Å². The van der Waals surface area contributed by atoms with Gasteiger partial charge in [0.15, 0.2) is 0 Å². The molecule has 0 saturated carbocycles. The number of hydrogen-bond donors (Lipinski definition) is 1. The second-order valence-corrected chi connectivity index (χ2v) is 4.61. The van der Waals surface area contributed by atoms with E-state index in [2.05, 4.69) is 10.1 Å². The van der Waals surface area contributed by atoms with E-state index in [1.54, 1.807) is 6.20 Å². The molecule has 0 fully saturated rings. The van der Waals surface area contributed by atoms with Crippen molar-refractivity contribution in [2.24, 2.45) is 5.16 Å². The summed E-state index contributed by atoms with van der Waals surface area (Å²) in [6.45, 7) is 0. The number of oxime groups is 1. The number of aromatic nitrogens is 1. The fraction of sp³-hybridized carbons (Fsp3) is 0. The van der Waals surface area contributed by atoms with Crippen molar-refractivity contribution in [2.45, 2.75) is 0 Å². The van der Waals surface area contributed by atoms with Crippen LogP contribution in [0.2, 0.25) is 0 Å². The third-order valence-corrected chi connectivity index (χ3v) is 3.26. The van der Waals surface area contributed by atoms with Crippen LogP contribution in [0.3, 0.4) is 0 Å². The van der Waals surface area contributed by atoms with Crippen molar-refractivity contribution in [3.63, 3.8) is 0 Å². The van der Waals surface area contributed by atoms with Crippen molar-refractivity contribution < 1.29 is 5.21 Å². The minimum absolute atomic E-state index is 0.466. The molecule has 3 heteroatoms. The van der Waals surface area contributed by atoms with E-state index >= 15 is 0 Å². The van der Waals surface area contributed by atoms with Crippen molar-refractivity contribution >= 4 is 5.71 Å². The zero-order valence-electron chi connectivity index (χ0n) is 11.3. The van der Waals surface area contributed by atoms with E-state index in [0.29, 0.717) is 11.4 Å². The van der Waals surface area contributed by atoms with Crippen LogP contribution in [0.25, 0.3) is 11.1 Å². The number of nitrogens with zero attached hydrogens (tertiary/aromatic N) is 2. The van der Waals surface area contributed by atoms with Crippen LogP contribution in [0.4, 0.5) is 0 Å². The summed E-state index contributed by atoms with van der Waals surface area (Å²) in [5.41, 5.74) is 4.08. The maximum absolute atomic E-state index is 9.34. The molecule has 0 atom stereocenters. The lowest BCUT2D eigenvalue weighted by molar-refractivity contribution is 0.319. The highest BCUT2D eigenvalue weighted by molar-refractivity contribution is 6.11. The predicted molar refractivity (Wildman–Crippen MR) is 83.5 cm³/mol. The molecule has 1 N–H and O–H groups in total. The van der Waals surface area contributed by atoms with Crippen LogP contribution < -0.4 is 0 Å². The standard InChI is InChI=1S/C18H14N2O/c21-20-18(15-9-5-2-6-10-15)17-13-16(11-12-19-17)14-7-3-1-4-8-14/h1-13,21H/b20-18-. The van der Waals surface area contributed by atoms with Gasteiger partial charge < -0.3 is 5.21 Å². The quantitative estimate of drug-likeness (QED) is 0.446. The smallest absolute Gasteiger partial charge is 0.135 e. The van der Waals surface area contributed by atoms with Gasteiger partial charge in [0.25, 0.3) is 0 Å². The average molecular weight is 274 g/mol. The van der Waals surface area contributed by atoms with Gasteiger partial charge in [0, 0.05) is 11.8 Å². The molecule has 0 saturated heterocycles. The van der Waals surface area contributed by atoms with Crippen LogP contribution in [-0.2, 0) is 0 Å². The molecule has 21 heavy (non-hydrogen) atoms. The maximum Gasteiger partial charge on any atom is 0.135 e. The first-order valence-electron chi connectivity index (χ1n) is 6.68. The Labute approximate surface area is 123 Å². The molecule has 0 bridgehead atoms. The number of hydrogen-bond acceptors (Lipinski definition) is 3. The van der Waals surface area contributed by atoms with Gasteiger partial charge in [-0.15, -0.1) is 0 Å². The molecule has 1 heterocycles. The number of pyridine rings is 1. The predicted octanol–water partition coefficient (Wildman–Crippen LogP) is 3.98. The zero-order valence-corrected chi connectivity index (χ0v) is 11.3. The lowest BCUT2D eigenvalue weighted by atomic mass is 10.0. The molecule has 1 aromatic heterocycles. The molecule has 0 amide bonds. The van der Waals surface area contributed by atoms with Gasteiger partial charge >= 0.3 is 0 Å². The summed E-state index contributed by atoms with van der Waals surface area (Å²) < 4.78 is 0. The van der Waals surface area contributed by atoms with E-state index < -0.39 is 0 Å². The Morgan fingerprint density at radius 2 is 1.48 bits per heavy atom. The third kappa shape index (κ3) is 2.82. The molecule has 2 aromatic carbocycles. The van der Waals surface area contributed by atoms with Gasteiger partial charge in [0.2, 0.25) is 0 Å². The molecule has 0 aliphatic rings. The molecule has 3 rings (SSSR count). The normalized spacial score (nSPS) is 11.3. The Kier molecular flexibility index (Phi) is 3.74. The van der Waals surface area contributed by atoms with E-state index in [4.69, 9.17) is 0 Å². The Bertz CT molecular complexity index is 752. The first-order chi connectivity index (χ1) is 10.4. The Morgan fingerprint density at radius 3 is 2.14 bits per heavy atom. The monoisotopic (exact) mass is 274 g/mol. The van der Waals surface area contributed by atoms with Gasteiger partial charge in [-0.2, -0.15) is 0 Å². The maximum atomic E-state index is 9.34. The number of rotatable bonds is 3. The van der Waals surface area contributed by atoms with Crippen LogP contribution >= 0.6 is 0 Å². The molecule has 0 aliphatic carbocycles. The summed E-state index contributed by atoms with van der Waals surface area (Å²) in [6, 6.07) is 23.4. The van der Waals surface area contributed by atoms with Crippen molar-refractivity contribution in [1.82, 2.24) is 4.98 Å². The van der Waals surface area contributed by atoms with Crippen LogP contribution in [-0.4, -0.2) is 15.9 Å². The van der Waals surface area contributed by atoms with Crippen molar-refractivity contribution in [3.05, 3.63) is 90.3 Å². The first kappa shape index (κ1) is 13.1. The van der Waals surface area contributed by atoms with Gasteiger partial charge in [-0.05, 0) is 23.3 Å². The minimum Gasteiger partial charge on any atom is -0.410 e. The molecule has 0 aliphatic heterocycles. The molecular weight excluding hydrogens is 260 g/mol. The second-order valence-electron chi connectivity index (χ2n) is 4.61. The van der Waals surface area contributed by atoms with Crippen LogP contribution in [0.5, 0.6) is 0 Å². The summed E-state index contributed by atoms with van der Waals surface area (Å²) in [5.74, 6) is 0. The Balaban J connectivity index is 2.04. The van der Waals surface area contributed by atoms with E-state index in [-0.39, 0.29) is 0 Å². The fourth-order valence-electron chi connectivity index (χ4n) is 2.22. The molecular formula is C18H14N2O. The summed E-state index contributed by atoms with van der Waals surface area (Å²) in [6.07, 6.45) is 1.73. The average Bonchev–Trinajstić information content (AvgIpc) is 2.58. The van der Waals surface area contributed by atoms with E-state index in [9.17, 15) is 5.21 Å². The molecule has 0 radical (unpaired) electrons. The van der Waals surface area contributed by atoms with E-state index in [1.807, 2.05) is 72.8 Å². The highest BCUT2D eigenvalue weighted by Gasteiger charge is 2.10. The van der Waals surface area contributed by atoms with Gasteiger partial charge in [-0.25, -0.2) is 0 Å². The van der Waals surface area contributed by atoms with Crippen LogP contribution in [0.15, 0.2) is 84.1 Å². The highest BCUT2D eigenvalue weighted by Crippen LogP contribution is 2.20. The molecule has 3 aromatic rings. The summed E-state index contributed by atoms with van der Waals surface area (Å²) >= 11 is 0. The lowest BCUT2D eigenvalue weighted by Crippen LogP contribution is -2.05. The zero-order chi connectivity index (χ0) is 14.5. The SMILES string of the molecule is O/N=C(/c1ccccc1)c1cc(-c2ccccc2)ccn1. The highest BCUT2D eigenvalue weighted by atomic mass is 16.4. The van der Waals surface area contributed by atoms with Crippen molar-refractivity contribution in [1.29, 1.82) is 0 Å². The van der Waals surface area contributed by atoms with Gasteiger partial charge in [0.1, 0.15) is 5.71 Å². The van der Waals surface area contributed by atoms with Gasteiger partial charge in [-0.3, -0.25) is 4.98 Å². The van der Waals surface area contributed by atoms with E-state index in [0.717, 1.165) is 16.7 Å². The van der Waals surface area contributed by atoms with Gasteiger partial charge in [0.05, 0.1) is 5.69 Å². The van der Waals surface area contributed by atoms with Crippen LogP contribution in [0, 0.1) is 0 Å². The summed E-state index contributed by atoms with van der Waals surface area (Å²) in [4.78, 5) is 4.32. The summed E-state index contributed by atoms with van der Waals surface area (Å²) in [5, 5.41) is 12.8. The molecule has 3 nitrogen and oxygen atoms in total. The lowest BCUT2D eigenvalue weighted by Gasteiger charge is -2.07. The Hall–Kier alpha value is -2.94. The molecule has 0 unspecified atom stereocenters. The molecule has 0 spiro atoms. The van der Waals surface area contributed by atoms with Crippen molar-refractivity contribution in [2.75, 3.05) is 0 Å². The topological polar surface area (TPSA) is 45.5 Å².